The van der Waals surface area contributed by atoms with Gasteiger partial charge in [-0.3, -0.25) is 9.80 Å². The Bertz CT molecular complexity index is 1120. The van der Waals surface area contributed by atoms with Crippen molar-refractivity contribution < 1.29 is 24.5 Å². The first-order valence-electron chi connectivity index (χ1n) is 11.5. The number of ether oxygens (including phenoxy) is 2. The van der Waals surface area contributed by atoms with Crippen LogP contribution >= 0.6 is 0 Å². The van der Waals surface area contributed by atoms with Crippen LogP contribution in [0.1, 0.15) is 55.9 Å². The smallest absolute Gasteiger partial charge is 0.338 e. The van der Waals surface area contributed by atoms with E-state index in [2.05, 4.69) is 15.9 Å². The number of aliphatic hydroxyl groups excluding tert-OH is 2. The third-order valence-electron chi connectivity index (χ3n) is 7.03. The van der Waals surface area contributed by atoms with Gasteiger partial charge in [0, 0.05) is 44.8 Å². The molecule has 1 saturated heterocycles. The highest BCUT2D eigenvalue weighted by atomic mass is 16.5. The Kier molecular flexibility index (Phi) is 7.19. The first-order chi connectivity index (χ1) is 16.3. The zero-order valence-electron chi connectivity index (χ0n) is 19.9. The predicted molar refractivity (Wildman–Crippen MR) is 126 cm³/mol. The number of nitrogens with zero attached hydrogens (tertiary/aromatic N) is 3. The van der Waals surface area contributed by atoms with Gasteiger partial charge in [0.25, 0.3) is 0 Å². The fourth-order valence-corrected chi connectivity index (χ4v) is 4.99. The summed E-state index contributed by atoms with van der Waals surface area (Å²) in [5.41, 5.74) is 5.23. The summed E-state index contributed by atoms with van der Waals surface area (Å²) in [5, 5.41) is 31.0. The standard InChI is InChI=1S/C26H31N3O5/c1-16-19(6-7-21-22(16)15-34-26(21)32)23(30)13-28-8-10-29(11-9-28)14-24(31)20-5-4-18(12-27)25(33-3)17(20)2/h4-7,23-24,30-31H,8-11,13-15H2,1-3H3. The summed E-state index contributed by atoms with van der Waals surface area (Å²) in [6.45, 7) is 8.19. The van der Waals surface area contributed by atoms with Crippen LogP contribution in [-0.4, -0.2) is 72.4 Å². The van der Waals surface area contributed by atoms with Crippen molar-refractivity contribution in [3.05, 3.63) is 63.2 Å². The summed E-state index contributed by atoms with van der Waals surface area (Å²) in [6.07, 6.45) is -1.33. The lowest BCUT2D eigenvalue weighted by Crippen LogP contribution is -2.48. The van der Waals surface area contributed by atoms with E-state index < -0.39 is 12.2 Å². The molecule has 0 saturated carbocycles. The van der Waals surface area contributed by atoms with Crippen LogP contribution in [0.3, 0.4) is 0 Å². The van der Waals surface area contributed by atoms with Gasteiger partial charge in [0.05, 0.1) is 30.4 Å². The Labute approximate surface area is 199 Å². The maximum absolute atomic E-state index is 11.8. The molecule has 0 amide bonds. The van der Waals surface area contributed by atoms with Crippen molar-refractivity contribution in [3.8, 4) is 11.8 Å². The molecular formula is C26H31N3O5. The van der Waals surface area contributed by atoms with Crippen molar-refractivity contribution in [1.29, 1.82) is 5.26 Å². The summed E-state index contributed by atoms with van der Waals surface area (Å²) >= 11 is 0. The van der Waals surface area contributed by atoms with Crippen LogP contribution in [0.2, 0.25) is 0 Å². The summed E-state index contributed by atoms with van der Waals surface area (Å²) in [6, 6.07) is 9.18. The quantitative estimate of drug-likeness (QED) is 0.600. The molecule has 2 aromatic rings. The molecule has 2 aliphatic heterocycles. The molecule has 4 rings (SSSR count). The monoisotopic (exact) mass is 465 g/mol. The highest BCUT2D eigenvalue weighted by Gasteiger charge is 2.27. The van der Waals surface area contributed by atoms with Gasteiger partial charge in [-0.05, 0) is 48.2 Å². The first-order valence-corrected chi connectivity index (χ1v) is 11.5. The predicted octanol–water partition coefficient (Wildman–Crippen LogP) is 2.24. The SMILES string of the molecule is COc1c(C#N)ccc(C(O)CN2CCN(CC(O)c3ccc4c(c3C)COC4=O)CC2)c1C. The molecular weight excluding hydrogens is 434 g/mol. The number of piperazine rings is 1. The van der Waals surface area contributed by atoms with Gasteiger partial charge in [0.15, 0.2) is 0 Å². The molecule has 2 N–H and O–H groups in total. The van der Waals surface area contributed by atoms with Gasteiger partial charge < -0.3 is 19.7 Å². The Morgan fingerprint density at radius 2 is 1.56 bits per heavy atom. The molecule has 2 atom stereocenters. The van der Waals surface area contributed by atoms with E-state index in [0.29, 0.717) is 30.0 Å². The third kappa shape index (κ3) is 4.65. The van der Waals surface area contributed by atoms with Crippen LogP contribution in [0.4, 0.5) is 0 Å². The normalized spacial score (nSPS) is 18.2. The number of esters is 1. The molecule has 8 nitrogen and oxygen atoms in total. The van der Waals surface area contributed by atoms with Gasteiger partial charge in [-0.2, -0.15) is 5.26 Å². The molecule has 34 heavy (non-hydrogen) atoms. The lowest BCUT2D eigenvalue weighted by atomic mass is 9.95. The minimum atomic E-state index is -0.683. The zero-order chi connectivity index (χ0) is 24.4. The molecule has 1 fully saturated rings. The van der Waals surface area contributed by atoms with Gasteiger partial charge in [-0.1, -0.05) is 12.1 Å². The minimum Gasteiger partial charge on any atom is -0.495 e. The molecule has 2 unspecified atom stereocenters. The van der Waals surface area contributed by atoms with Crippen molar-refractivity contribution in [2.24, 2.45) is 0 Å². The maximum atomic E-state index is 11.8. The van der Waals surface area contributed by atoms with E-state index >= 15 is 0 Å². The molecule has 0 bridgehead atoms. The number of aliphatic hydroxyl groups is 2. The Balaban J connectivity index is 1.33. The Hall–Kier alpha value is -2.96. The van der Waals surface area contributed by atoms with Crippen LogP contribution in [0.25, 0.3) is 0 Å². The zero-order valence-corrected chi connectivity index (χ0v) is 19.9. The molecule has 0 aliphatic carbocycles. The summed E-state index contributed by atoms with van der Waals surface area (Å²) in [7, 11) is 1.53. The summed E-state index contributed by atoms with van der Waals surface area (Å²) in [5.74, 6) is 0.211. The number of nitriles is 1. The van der Waals surface area contributed by atoms with E-state index in [0.717, 1.165) is 54.0 Å². The molecule has 2 aromatic carbocycles. The minimum absolute atomic E-state index is 0.270. The lowest BCUT2D eigenvalue weighted by Gasteiger charge is -2.36. The van der Waals surface area contributed by atoms with E-state index in [1.807, 2.05) is 19.9 Å². The van der Waals surface area contributed by atoms with Crippen molar-refractivity contribution >= 4 is 5.97 Å². The lowest BCUT2D eigenvalue weighted by molar-refractivity contribution is 0.0478. The highest BCUT2D eigenvalue weighted by molar-refractivity contribution is 5.93. The number of fused-ring (bicyclic) bond motifs is 1. The van der Waals surface area contributed by atoms with Crippen molar-refractivity contribution in [1.82, 2.24) is 9.80 Å². The van der Waals surface area contributed by atoms with Crippen LogP contribution in [0.5, 0.6) is 5.75 Å². The van der Waals surface area contributed by atoms with Gasteiger partial charge in [-0.25, -0.2) is 4.79 Å². The molecule has 8 heteroatoms. The van der Waals surface area contributed by atoms with Gasteiger partial charge in [0.2, 0.25) is 0 Å². The number of carbonyl (C=O) groups is 1. The second-order valence-corrected chi connectivity index (χ2v) is 8.99. The number of carbonyl (C=O) groups excluding carboxylic acids is 1. The number of rotatable bonds is 7. The van der Waals surface area contributed by atoms with E-state index in [1.165, 1.54) is 7.11 Å². The number of hydrogen-bond acceptors (Lipinski definition) is 8. The highest BCUT2D eigenvalue weighted by Crippen LogP contribution is 2.31. The molecule has 0 spiro atoms. The van der Waals surface area contributed by atoms with Gasteiger partial charge >= 0.3 is 5.97 Å². The van der Waals surface area contributed by atoms with E-state index in [1.54, 1.807) is 18.2 Å². The van der Waals surface area contributed by atoms with Crippen molar-refractivity contribution in [2.75, 3.05) is 46.4 Å². The molecule has 180 valence electrons. The van der Waals surface area contributed by atoms with E-state index in [9.17, 15) is 20.3 Å². The van der Waals surface area contributed by atoms with Gasteiger partial charge in [0.1, 0.15) is 18.4 Å². The molecule has 2 aliphatic rings. The molecule has 0 radical (unpaired) electrons. The van der Waals surface area contributed by atoms with Gasteiger partial charge in [-0.15, -0.1) is 0 Å². The Morgan fingerprint density at radius 3 is 2.12 bits per heavy atom. The maximum Gasteiger partial charge on any atom is 0.338 e. The van der Waals surface area contributed by atoms with Crippen LogP contribution in [0, 0.1) is 25.2 Å². The van der Waals surface area contributed by atoms with Crippen LogP contribution in [-0.2, 0) is 11.3 Å². The largest absolute Gasteiger partial charge is 0.495 e. The Morgan fingerprint density at radius 1 is 1.00 bits per heavy atom. The number of cyclic esters (lactones) is 1. The van der Waals surface area contributed by atoms with E-state index in [-0.39, 0.29) is 12.6 Å². The fraction of sp³-hybridized carbons (Fsp3) is 0.462. The summed E-state index contributed by atoms with van der Waals surface area (Å²) < 4.78 is 10.5. The van der Waals surface area contributed by atoms with Crippen molar-refractivity contribution in [3.63, 3.8) is 0 Å². The molecule has 0 aromatic heterocycles. The average Bonchev–Trinajstić information content (AvgIpc) is 3.21. The van der Waals surface area contributed by atoms with Crippen LogP contribution in [0.15, 0.2) is 24.3 Å². The number of β-amino-alcohol motifs (C(OH)–C–C–N with tert-alkyl or cyclic N) is 2. The number of benzene rings is 2. The topological polar surface area (TPSA) is 106 Å². The second kappa shape index (κ2) is 10.1. The van der Waals surface area contributed by atoms with Crippen LogP contribution < -0.4 is 4.74 Å². The second-order valence-electron chi connectivity index (χ2n) is 8.99. The first kappa shape index (κ1) is 24.2. The fourth-order valence-electron chi connectivity index (χ4n) is 4.99. The molecule has 2 heterocycles. The summed E-state index contributed by atoms with van der Waals surface area (Å²) in [4.78, 5) is 16.2. The van der Waals surface area contributed by atoms with E-state index in [4.69, 9.17) is 9.47 Å². The third-order valence-corrected chi connectivity index (χ3v) is 7.03. The van der Waals surface area contributed by atoms with Crippen molar-refractivity contribution in [2.45, 2.75) is 32.7 Å². The number of methoxy groups -OCH3 is 1. The number of hydrogen-bond donors (Lipinski definition) is 2. The average molecular weight is 466 g/mol.